The van der Waals surface area contributed by atoms with Gasteiger partial charge in [-0.3, -0.25) is 5.10 Å². The van der Waals surface area contributed by atoms with E-state index in [0.29, 0.717) is 5.69 Å². The van der Waals surface area contributed by atoms with Crippen molar-refractivity contribution in [2.24, 2.45) is 0 Å². The van der Waals surface area contributed by atoms with E-state index in [1.165, 1.54) is 5.56 Å². The van der Waals surface area contributed by atoms with Gasteiger partial charge in [-0.1, -0.05) is 28.1 Å². The maximum Gasteiger partial charge on any atom is 0.0880 e. The van der Waals surface area contributed by atoms with Crippen LogP contribution < -0.4 is 5.73 Å². The highest BCUT2D eigenvalue weighted by Crippen LogP contribution is 2.27. The maximum atomic E-state index is 5.75. The smallest absolute Gasteiger partial charge is 0.0880 e. The Morgan fingerprint density at radius 2 is 2.21 bits per heavy atom. The molecule has 0 spiro atoms. The number of nitrogen functional groups attached to an aromatic ring is 1. The lowest BCUT2D eigenvalue weighted by atomic mass is 10.1. The third-order valence-electron chi connectivity index (χ3n) is 2.13. The molecule has 1 heterocycles. The van der Waals surface area contributed by atoms with E-state index in [2.05, 4.69) is 26.1 Å². The number of aryl methyl sites for hydroxylation is 1. The topological polar surface area (TPSA) is 54.7 Å². The molecule has 0 atom stereocenters. The minimum atomic E-state index is 0.667. The monoisotopic (exact) mass is 251 g/mol. The number of nitrogens with one attached hydrogen (secondary N) is 1. The highest BCUT2D eigenvalue weighted by molar-refractivity contribution is 9.10. The zero-order chi connectivity index (χ0) is 10.1. The number of anilines is 1. The number of hydrogen-bond acceptors (Lipinski definition) is 2. The van der Waals surface area contributed by atoms with Crippen LogP contribution in [0.15, 0.2) is 28.9 Å². The van der Waals surface area contributed by atoms with Gasteiger partial charge in [0.05, 0.1) is 17.6 Å². The van der Waals surface area contributed by atoms with Crippen LogP contribution in [-0.4, -0.2) is 10.2 Å². The van der Waals surface area contributed by atoms with Crippen LogP contribution in [0.1, 0.15) is 5.56 Å². The molecule has 0 saturated carbocycles. The van der Waals surface area contributed by atoms with E-state index in [1.54, 1.807) is 6.20 Å². The number of aromatic amines is 1. The summed E-state index contributed by atoms with van der Waals surface area (Å²) in [4.78, 5) is 0. The Bertz CT molecular complexity index is 462. The fourth-order valence-corrected chi connectivity index (χ4v) is 1.65. The zero-order valence-electron chi connectivity index (χ0n) is 7.71. The first-order valence-electron chi connectivity index (χ1n) is 4.24. The molecule has 0 saturated heterocycles. The van der Waals surface area contributed by atoms with Crippen LogP contribution in [0.2, 0.25) is 0 Å². The van der Waals surface area contributed by atoms with Gasteiger partial charge in [-0.15, -0.1) is 0 Å². The molecule has 4 heteroatoms. The first-order chi connectivity index (χ1) is 6.68. The summed E-state index contributed by atoms with van der Waals surface area (Å²) in [5.41, 5.74) is 9.53. The average Bonchev–Trinajstić information content (AvgIpc) is 2.57. The van der Waals surface area contributed by atoms with Crippen LogP contribution in [0.5, 0.6) is 0 Å². The SMILES string of the molecule is Cc1ccc(-c2[nH]ncc2N)cc1Br. The Labute approximate surface area is 90.5 Å². The van der Waals surface area contributed by atoms with Crippen molar-refractivity contribution >= 4 is 21.6 Å². The third-order valence-corrected chi connectivity index (χ3v) is 2.98. The molecule has 72 valence electrons. The zero-order valence-corrected chi connectivity index (χ0v) is 9.30. The average molecular weight is 252 g/mol. The molecule has 0 aliphatic heterocycles. The van der Waals surface area contributed by atoms with Gasteiger partial charge in [0.2, 0.25) is 0 Å². The number of rotatable bonds is 1. The van der Waals surface area contributed by atoms with Crippen molar-refractivity contribution in [2.75, 3.05) is 5.73 Å². The van der Waals surface area contributed by atoms with Crippen LogP contribution in [-0.2, 0) is 0 Å². The van der Waals surface area contributed by atoms with Crippen molar-refractivity contribution in [2.45, 2.75) is 6.92 Å². The molecular weight excluding hydrogens is 242 g/mol. The minimum absolute atomic E-state index is 0.667. The van der Waals surface area contributed by atoms with Crippen molar-refractivity contribution < 1.29 is 0 Å². The summed E-state index contributed by atoms with van der Waals surface area (Å²) >= 11 is 3.48. The van der Waals surface area contributed by atoms with Crippen LogP contribution >= 0.6 is 15.9 Å². The van der Waals surface area contributed by atoms with E-state index >= 15 is 0 Å². The van der Waals surface area contributed by atoms with Crippen LogP contribution in [0, 0.1) is 6.92 Å². The van der Waals surface area contributed by atoms with E-state index in [9.17, 15) is 0 Å². The van der Waals surface area contributed by atoms with Gasteiger partial charge in [0, 0.05) is 10.0 Å². The molecule has 2 aromatic rings. The molecule has 1 aromatic heterocycles. The summed E-state index contributed by atoms with van der Waals surface area (Å²) in [5.74, 6) is 0. The minimum Gasteiger partial charge on any atom is -0.396 e. The van der Waals surface area contributed by atoms with Gasteiger partial charge in [-0.2, -0.15) is 5.10 Å². The summed E-state index contributed by atoms with van der Waals surface area (Å²) in [6.07, 6.45) is 1.61. The summed E-state index contributed by atoms with van der Waals surface area (Å²) in [6.45, 7) is 2.05. The van der Waals surface area contributed by atoms with Gasteiger partial charge in [-0.25, -0.2) is 0 Å². The van der Waals surface area contributed by atoms with Gasteiger partial charge in [0.15, 0.2) is 0 Å². The Hall–Kier alpha value is -1.29. The summed E-state index contributed by atoms with van der Waals surface area (Å²) in [7, 11) is 0. The number of benzene rings is 1. The largest absolute Gasteiger partial charge is 0.396 e. The number of H-pyrrole nitrogens is 1. The van der Waals surface area contributed by atoms with E-state index in [4.69, 9.17) is 5.73 Å². The van der Waals surface area contributed by atoms with Crippen molar-refractivity contribution in [1.29, 1.82) is 0 Å². The lowest BCUT2D eigenvalue weighted by Crippen LogP contribution is -1.87. The van der Waals surface area contributed by atoms with E-state index in [0.717, 1.165) is 15.7 Å². The molecule has 0 radical (unpaired) electrons. The molecule has 0 unspecified atom stereocenters. The lowest BCUT2D eigenvalue weighted by Gasteiger charge is -2.02. The highest BCUT2D eigenvalue weighted by Gasteiger charge is 2.05. The summed E-state index contributed by atoms with van der Waals surface area (Å²) in [6, 6.07) is 6.09. The van der Waals surface area contributed by atoms with Gasteiger partial charge >= 0.3 is 0 Å². The number of nitrogens with two attached hydrogens (primary N) is 1. The fourth-order valence-electron chi connectivity index (χ4n) is 1.28. The molecule has 3 nitrogen and oxygen atoms in total. The van der Waals surface area contributed by atoms with Gasteiger partial charge < -0.3 is 5.73 Å². The van der Waals surface area contributed by atoms with Crippen molar-refractivity contribution in [3.05, 3.63) is 34.4 Å². The van der Waals surface area contributed by atoms with Gasteiger partial charge in [-0.05, 0) is 18.6 Å². The number of nitrogens with zero attached hydrogens (tertiary/aromatic N) is 1. The maximum absolute atomic E-state index is 5.75. The normalized spacial score (nSPS) is 10.4. The quantitative estimate of drug-likeness (QED) is 0.819. The second-order valence-corrected chi connectivity index (χ2v) is 4.02. The van der Waals surface area contributed by atoms with E-state index < -0.39 is 0 Å². The molecular formula is C10H10BrN3. The summed E-state index contributed by atoms with van der Waals surface area (Å²) < 4.78 is 1.07. The molecule has 0 aliphatic rings. The van der Waals surface area contributed by atoms with Crippen molar-refractivity contribution in [3.8, 4) is 11.3 Å². The fraction of sp³-hybridized carbons (Fsp3) is 0.100. The van der Waals surface area contributed by atoms with Gasteiger partial charge in [0.1, 0.15) is 0 Å². The number of aromatic nitrogens is 2. The standard InChI is InChI=1S/C10H10BrN3/c1-6-2-3-7(4-8(6)11)10-9(12)5-13-14-10/h2-5H,12H2,1H3,(H,13,14). The predicted octanol–water partition coefficient (Wildman–Crippen LogP) is 2.73. The van der Waals surface area contributed by atoms with Crippen LogP contribution in [0.3, 0.4) is 0 Å². The Kier molecular flexibility index (Phi) is 2.29. The van der Waals surface area contributed by atoms with Crippen LogP contribution in [0.25, 0.3) is 11.3 Å². The van der Waals surface area contributed by atoms with E-state index in [-0.39, 0.29) is 0 Å². The molecule has 0 fully saturated rings. The number of hydrogen-bond donors (Lipinski definition) is 2. The molecule has 1 aromatic carbocycles. The predicted molar refractivity (Wildman–Crippen MR) is 60.9 cm³/mol. The van der Waals surface area contributed by atoms with Crippen LogP contribution in [0.4, 0.5) is 5.69 Å². The van der Waals surface area contributed by atoms with Crippen molar-refractivity contribution in [3.63, 3.8) is 0 Å². The first-order valence-corrected chi connectivity index (χ1v) is 5.03. The third kappa shape index (κ3) is 1.53. The second kappa shape index (κ2) is 3.46. The van der Waals surface area contributed by atoms with Crippen molar-refractivity contribution in [1.82, 2.24) is 10.2 Å². The lowest BCUT2D eigenvalue weighted by molar-refractivity contribution is 1.09. The molecule has 3 N–H and O–H groups in total. The molecule has 0 bridgehead atoms. The highest BCUT2D eigenvalue weighted by atomic mass is 79.9. The molecule has 14 heavy (non-hydrogen) atoms. The summed E-state index contributed by atoms with van der Waals surface area (Å²) in [5, 5.41) is 6.76. The Morgan fingerprint density at radius 1 is 1.43 bits per heavy atom. The molecule has 2 rings (SSSR count). The van der Waals surface area contributed by atoms with Gasteiger partial charge in [0.25, 0.3) is 0 Å². The molecule has 0 aliphatic carbocycles. The Morgan fingerprint density at radius 3 is 2.79 bits per heavy atom. The molecule has 0 amide bonds. The Balaban J connectivity index is 2.53. The first kappa shape index (κ1) is 9.27. The second-order valence-electron chi connectivity index (χ2n) is 3.16. The number of halogens is 1. The van der Waals surface area contributed by atoms with E-state index in [1.807, 2.05) is 25.1 Å².